The van der Waals surface area contributed by atoms with Gasteiger partial charge in [-0.15, -0.1) is 23.5 Å². The van der Waals surface area contributed by atoms with Gasteiger partial charge in [0.25, 0.3) is 0 Å². The molecule has 1 aliphatic heterocycles. The Hall–Kier alpha value is 0.460. The van der Waals surface area contributed by atoms with Gasteiger partial charge in [-0.2, -0.15) is 0 Å². The van der Waals surface area contributed by atoms with Crippen LogP contribution in [0.4, 0.5) is 0 Å². The molecule has 0 radical (unpaired) electrons. The standard InChI is InChI=1S/C10H16OS3/c1-4-9-12-5-8(14-9)6-13-10(11)7(2)3/h8-9H,2,4-6H2,1,3H3. The number of carbonyl (C=O) groups excluding carboxylic acids is 1. The molecule has 0 aromatic rings. The molecule has 2 atom stereocenters. The third kappa shape index (κ3) is 3.91. The van der Waals surface area contributed by atoms with Crippen molar-refractivity contribution in [2.75, 3.05) is 11.5 Å². The highest BCUT2D eigenvalue weighted by atomic mass is 32.2. The van der Waals surface area contributed by atoms with E-state index in [-0.39, 0.29) is 5.12 Å². The van der Waals surface area contributed by atoms with Crippen LogP contribution in [0.25, 0.3) is 0 Å². The SMILES string of the molecule is C=C(C)C(=O)SCC1CSC(CC)S1. The first-order valence-corrected chi connectivity index (χ1v) is 7.71. The lowest BCUT2D eigenvalue weighted by atomic mass is 10.4. The highest BCUT2D eigenvalue weighted by molar-refractivity contribution is 8.21. The molecule has 2 unspecified atom stereocenters. The van der Waals surface area contributed by atoms with Gasteiger partial charge >= 0.3 is 0 Å². The molecule has 14 heavy (non-hydrogen) atoms. The van der Waals surface area contributed by atoms with E-state index >= 15 is 0 Å². The van der Waals surface area contributed by atoms with Crippen LogP contribution in [0, 0.1) is 0 Å². The monoisotopic (exact) mass is 248 g/mol. The molecular weight excluding hydrogens is 232 g/mol. The second-order valence-electron chi connectivity index (χ2n) is 3.31. The summed E-state index contributed by atoms with van der Waals surface area (Å²) in [6.45, 7) is 7.65. The fraction of sp³-hybridized carbons (Fsp3) is 0.700. The molecule has 1 saturated heterocycles. The molecular formula is C10H16OS3. The van der Waals surface area contributed by atoms with E-state index < -0.39 is 0 Å². The second-order valence-corrected chi connectivity index (χ2v) is 7.34. The molecule has 0 spiro atoms. The van der Waals surface area contributed by atoms with Gasteiger partial charge < -0.3 is 0 Å². The van der Waals surface area contributed by atoms with Crippen LogP contribution >= 0.6 is 35.3 Å². The van der Waals surface area contributed by atoms with Gasteiger partial charge in [0, 0.05) is 16.8 Å². The van der Waals surface area contributed by atoms with E-state index in [1.54, 1.807) is 6.92 Å². The molecule has 0 saturated carbocycles. The molecule has 0 aromatic heterocycles. The smallest absolute Gasteiger partial charge is 0.214 e. The molecule has 1 nitrogen and oxygen atoms in total. The van der Waals surface area contributed by atoms with Crippen molar-refractivity contribution in [3.05, 3.63) is 12.2 Å². The van der Waals surface area contributed by atoms with E-state index in [1.807, 2.05) is 23.5 Å². The number of hydrogen-bond acceptors (Lipinski definition) is 4. The summed E-state index contributed by atoms with van der Waals surface area (Å²) in [5.41, 5.74) is 0.665. The average Bonchev–Trinajstić information content (AvgIpc) is 2.61. The first kappa shape index (κ1) is 12.5. The molecule has 0 N–H and O–H groups in total. The highest BCUT2D eigenvalue weighted by Crippen LogP contribution is 2.40. The Balaban J connectivity index is 2.20. The van der Waals surface area contributed by atoms with Crippen LogP contribution in [-0.2, 0) is 4.79 Å². The molecule has 1 fully saturated rings. The van der Waals surface area contributed by atoms with Gasteiger partial charge in [-0.05, 0) is 18.9 Å². The van der Waals surface area contributed by atoms with Gasteiger partial charge in [-0.3, -0.25) is 4.79 Å². The lowest BCUT2D eigenvalue weighted by Gasteiger charge is -2.07. The van der Waals surface area contributed by atoms with Crippen LogP contribution in [0.15, 0.2) is 12.2 Å². The van der Waals surface area contributed by atoms with E-state index in [2.05, 4.69) is 13.5 Å². The number of rotatable bonds is 4. The van der Waals surface area contributed by atoms with E-state index in [0.717, 1.165) is 10.3 Å². The lowest BCUT2D eigenvalue weighted by molar-refractivity contribution is -0.107. The van der Waals surface area contributed by atoms with Gasteiger partial charge in [-0.1, -0.05) is 25.3 Å². The van der Waals surface area contributed by atoms with Crippen molar-refractivity contribution in [1.29, 1.82) is 0 Å². The number of hydrogen-bond donors (Lipinski definition) is 0. The Morgan fingerprint density at radius 1 is 1.64 bits per heavy atom. The van der Waals surface area contributed by atoms with Gasteiger partial charge in [0.05, 0.1) is 4.58 Å². The van der Waals surface area contributed by atoms with Crippen molar-refractivity contribution in [2.24, 2.45) is 0 Å². The summed E-state index contributed by atoms with van der Waals surface area (Å²) in [6.07, 6.45) is 1.23. The Labute approximate surface area is 98.9 Å². The van der Waals surface area contributed by atoms with E-state index in [4.69, 9.17) is 0 Å². The first-order valence-electron chi connectivity index (χ1n) is 4.73. The Bertz CT molecular complexity index is 227. The van der Waals surface area contributed by atoms with Crippen molar-refractivity contribution in [1.82, 2.24) is 0 Å². The van der Waals surface area contributed by atoms with Crippen LogP contribution in [0.5, 0.6) is 0 Å². The van der Waals surface area contributed by atoms with Crippen LogP contribution in [0.2, 0.25) is 0 Å². The molecule has 0 amide bonds. The molecule has 4 heteroatoms. The van der Waals surface area contributed by atoms with Crippen LogP contribution in [0.1, 0.15) is 20.3 Å². The normalized spacial score (nSPS) is 26.4. The summed E-state index contributed by atoms with van der Waals surface area (Å²) in [7, 11) is 0. The van der Waals surface area contributed by atoms with E-state index in [1.165, 1.54) is 23.9 Å². The summed E-state index contributed by atoms with van der Waals surface area (Å²) in [6, 6.07) is 0. The predicted octanol–water partition coefficient (Wildman–Crippen LogP) is 3.41. The van der Waals surface area contributed by atoms with E-state index in [0.29, 0.717) is 10.8 Å². The van der Waals surface area contributed by atoms with Crippen LogP contribution < -0.4 is 0 Å². The fourth-order valence-corrected chi connectivity index (χ4v) is 5.45. The summed E-state index contributed by atoms with van der Waals surface area (Å²) < 4.78 is 0.750. The number of thioether (sulfide) groups is 3. The summed E-state index contributed by atoms with van der Waals surface area (Å²) in [5, 5.41) is 0.800. The van der Waals surface area contributed by atoms with E-state index in [9.17, 15) is 4.79 Å². The topological polar surface area (TPSA) is 17.1 Å². The van der Waals surface area contributed by atoms with Gasteiger partial charge in [0.2, 0.25) is 5.12 Å². The van der Waals surface area contributed by atoms with Crippen molar-refractivity contribution >= 4 is 40.4 Å². The maximum absolute atomic E-state index is 11.3. The van der Waals surface area contributed by atoms with Crippen molar-refractivity contribution < 1.29 is 4.79 Å². The third-order valence-corrected chi connectivity index (χ3v) is 6.89. The summed E-state index contributed by atoms with van der Waals surface area (Å²) in [4.78, 5) is 11.3. The largest absolute Gasteiger partial charge is 0.282 e. The second kappa shape index (κ2) is 6.13. The van der Waals surface area contributed by atoms with Gasteiger partial charge in [-0.25, -0.2) is 0 Å². The fourth-order valence-electron chi connectivity index (χ4n) is 1.10. The molecule has 80 valence electrons. The number of carbonyl (C=O) groups is 1. The molecule has 1 rings (SSSR count). The molecule has 0 bridgehead atoms. The van der Waals surface area contributed by atoms with Crippen molar-refractivity contribution in [3.8, 4) is 0 Å². The third-order valence-electron chi connectivity index (χ3n) is 1.89. The highest BCUT2D eigenvalue weighted by Gasteiger charge is 2.25. The zero-order valence-electron chi connectivity index (χ0n) is 8.62. The molecule has 1 aliphatic rings. The zero-order valence-corrected chi connectivity index (χ0v) is 11.1. The first-order chi connectivity index (χ1) is 6.63. The maximum atomic E-state index is 11.3. The van der Waals surface area contributed by atoms with Gasteiger partial charge in [0.15, 0.2) is 0 Å². The maximum Gasteiger partial charge on any atom is 0.214 e. The Kier molecular flexibility index (Phi) is 5.49. The predicted molar refractivity (Wildman–Crippen MR) is 70.2 cm³/mol. The van der Waals surface area contributed by atoms with Crippen molar-refractivity contribution in [2.45, 2.75) is 30.1 Å². The van der Waals surface area contributed by atoms with Crippen LogP contribution in [-0.4, -0.2) is 26.5 Å². The minimum absolute atomic E-state index is 0.149. The Morgan fingerprint density at radius 3 is 2.86 bits per heavy atom. The summed E-state index contributed by atoms with van der Waals surface area (Å²) in [5.74, 6) is 2.14. The quantitative estimate of drug-likeness (QED) is 0.709. The molecule has 1 heterocycles. The lowest BCUT2D eigenvalue weighted by Crippen LogP contribution is -2.07. The average molecular weight is 248 g/mol. The zero-order chi connectivity index (χ0) is 10.6. The van der Waals surface area contributed by atoms with Crippen LogP contribution in [0.3, 0.4) is 0 Å². The minimum atomic E-state index is 0.149. The Morgan fingerprint density at radius 2 is 2.36 bits per heavy atom. The molecule has 0 aromatic carbocycles. The van der Waals surface area contributed by atoms with Gasteiger partial charge in [0.1, 0.15) is 0 Å². The minimum Gasteiger partial charge on any atom is -0.282 e. The summed E-state index contributed by atoms with van der Waals surface area (Å²) >= 11 is 5.47. The molecule has 0 aliphatic carbocycles. The van der Waals surface area contributed by atoms with Crippen molar-refractivity contribution in [3.63, 3.8) is 0 Å².